The molecule has 0 saturated carbocycles. The van der Waals surface area contributed by atoms with E-state index >= 15 is 0 Å². The summed E-state index contributed by atoms with van der Waals surface area (Å²) in [6.07, 6.45) is 2.62. The number of hydrogen-bond acceptors (Lipinski definition) is 4. The number of nitrogens with zero attached hydrogens (tertiary/aromatic N) is 2. The number of halogens is 1. The lowest BCUT2D eigenvalue weighted by Crippen LogP contribution is -2.44. The van der Waals surface area contributed by atoms with Gasteiger partial charge >= 0.3 is 0 Å². The summed E-state index contributed by atoms with van der Waals surface area (Å²) < 4.78 is 5.85. The monoisotopic (exact) mass is 472 g/mol. The number of hydrogen-bond donors (Lipinski definition) is 1. The molecule has 0 amide bonds. The molecule has 0 aliphatic carbocycles. The van der Waals surface area contributed by atoms with Crippen molar-refractivity contribution in [1.82, 2.24) is 0 Å². The smallest absolute Gasteiger partial charge is 0.212 e. The van der Waals surface area contributed by atoms with Gasteiger partial charge in [0.1, 0.15) is 11.6 Å². The number of aryl methyl sites for hydroxylation is 2. The molecule has 1 N–H and O–H groups in total. The Morgan fingerprint density at radius 1 is 1.19 bits per heavy atom. The second kappa shape index (κ2) is 10.8. The first-order valence-electron chi connectivity index (χ1n) is 11.2. The van der Waals surface area contributed by atoms with Crippen molar-refractivity contribution < 1.29 is 9.84 Å². The van der Waals surface area contributed by atoms with E-state index in [0.717, 1.165) is 29.2 Å². The summed E-state index contributed by atoms with van der Waals surface area (Å²) in [5, 5.41) is 11.2. The van der Waals surface area contributed by atoms with E-state index in [-0.39, 0.29) is 17.9 Å². The Balaban J connectivity index is 1.65. The van der Waals surface area contributed by atoms with Gasteiger partial charge in [-0.2, -0.15) is 0 Å². The highest BCUT2D eigenvalue weighted by Gasteiger charge is 2.39. The average molecular weight is 473 g/mol. The van der Waals surface area contributed by atoms with Crippen molar-refractivity contribution in [3.05, 3.63) is 58.6 Å². The molecule has 0 fully saturated rings. The molecule has 4 nitrogen and oxygen atoms in total. The van der Waals surface area contributed by atoms with E-state index in [4.69, 9.17) is 21.3 Å². The van der Waals surface area contributed by atoms with E-state index in [1.54, 1.807) is 11.8 Å². The van der Waals surface area contributed by atoms with Crippen LogP contribution in [0.15, 0.2) is 62.2 Å². The molecular weight excluding hydrogens is 440 g/mol. The molecule has 0 aromatic heterocycles. The van der Waals surface area contributed by atoms with Crippen LogP contribution >= 0.6 is 23.4 Å². The molecule has 0 unspecified atom stereocenters. The molecule has 0 spiro atoms. The summed E-state index contributed by atoms with van der Waals surface area (Å²) in [6.45, 7) is 10.7. The summed E-state index contributed by atoms with van der Waals surface area (Å²) in [5.74, 6) is 0.927. The third kappa shape index (κ3) is 6.08. The lowest BCUT2D eigenvalue weighted by Gasteiger charge is -2.33. The van der Waals surface area contributed by atoms with Crippen LogP contribution < -0.4 is 0 Å². The van der Waals surface area contributed by atoms with Gasteiger partial charge in [-0.05, 0) is 87.4 Å². The van der Waals surface area contributed by atoms with E-state index < -0.39 is 5.54 Å². The molecule has 1 aliphatic rings. The minimum atomic E-state index is -0.623. The predicted octanol–water partition coefficient (Wildman–Crippen LogP) is 7.31. The van der Waals surface area contributed by atoms with Gasteiger partial charge in [0, 0.05) is 14.8 Å². The van der Waals surface area contributed by atoms with Crippen LogP contribution in [0.3, 0.4) is 0 Å². The summed E-state index contributed by atoms with van der Waals surface area (Å²) in [7, 11) is 0. The molecular formula is C26H33ClN2O2S. The number of aliphatic imine (C=N–C) groups is 2. The molecule has 6 heteroatoms. The van der Waals surface area contributed by atoms with Gasteiger partial charge < -0.3 is 9.84 Å². The zero-order chi connectivity index (χ0) is 23.3. The second-order valence-corrected chi connectivity index (χ2v) is 10.4. The molecule has 2 aromatic rings. The second-order valence-electron chi connectivity index (χ2n) is 8.80. The highest BCUT2D eigenvalue weighted by Crippen LogP contribution is 2.32. The SMILES string of the molecule is CCOC1=N[C@@H](C(C)C)C(O)=N[C@]1(C)CCCc1ccc(Sc2cccc(Cl)c2)cc1C. The molecule has 0 saturated heterocycles. The normalized spacial score (nSPS) is 20.8. The van der Waals surface area contributed by atoms with Gasteiger partial charge in [0.15, 0.2) is 0 Å². The molecule has 2 atom stereocenters. The number of benzene rings is 2. The fraction of sp³-hybridized carbons (Fsp3) is 0.462. The Morgan fingerprint density at radius 2 is 1.94 bits per heavy atom. The number of aliphatic hydroxyl groups is 1. The molecule has 0 radical (unpaired) electrons. The first-order valence-corrected chi connectivity index (χ1v) is 12.4. The molecule has 3 rings (SSSR count). The van der Waals surface area contributed by atoms with Crippen molar-refractivity contribution in [1.29, 1.82) is 0 Å². The van der Waals surface area contributed by atoms with Gasteiger partial charge in [-0.25, -0.2) is 9.98 Å². The lowest BCUT2D eigenvalue weighted by atomic mass is 9.90. The van der Waals surface area contributed by atoms with E-state index in [1.165, 1.54) is 16.0 Å². The summed E-state index contributed by atoms with van der Waals surface area (Å²) >= 11 is 7.82. The van der Waals surface area contributed by atoms with Crippen LogP contribution in [-0.2, 0) is 11.2 Å². The van der Waals surface area contributed by atoms with Crippen LogP contribution in [0, 0.1) is 12.8 Å². The van der Waals surface area contributed by atoms with E-state index in [9.17, 15) is 5.11 Å². The minimum absolute atomic E-state index is 0.115. The van der Waals surface area contributed by atoms with Crippen LogP contribution in [0.4, 0.5) is 0 Å². The standard InChI is InChI=1S/C26H33ClN2O2S/c1-6-31-25-26(5,29-24(30)23(28-25)17(2)3)14-8-9-19-12-13-22(15-18(19)4)32-21-11-7-10-20(27)16-21/h7,10-13,15-17,23H,6,8-9,14H2,1-5H3,(H,29,30)/t23-,26+/m0/s1. The van der Waals surface area contributed by atoms with Crippen LogP contribution in [0.2, 0.25) is 5.02 Å². The van der Waals surface area contributed by atoms with E-state index in [0.29, 0.717) is 12.5 Å². The van der Waals surface area contributed by atoms with Crippen molar-refractivity contribution >= 4 is 35.2 Å². The van der Waals surface area contributed by atoms with Crippen molar-refractivity contribution in [2.45, 2.75) is 75.3 Å². The number of rotatable bonds is 8. The van der Waals surface area contributed by atoms with Gasteiger partial charge in [-0.3, -0.25) is 0 Å². The van der Waals surface area contributed by atoms with Crippen molar-refractivity contribution in [2.75, 3.05) is 6.61 Å². The van der Waals surface area contributed by atoms with Crippen molar-refractivity contribution in [3.8, 4) is 0 Å². The zero-order valence-electron chi connectivity index (χ0n) is 19.6. The topological polar surface area (TPSA) is 54.2 Å². The minimum Gasteiger partial charge on any atom is -0.495 e. The molecule has 1 aliphatic heterocycles. The third-order valence-electron chi connectivity index (χ3n) is 5.71. The zero-order valence-corrected chi connectivity index (χ0v) is 21.1. The van der Waals surface area contributed by atoms with E-state index in [1.807, 2.05) is 45.9 Å². The summed E-state index contributed by atoms with van der Waals surface area (Å²) in [5.41, 5.74) is 1.97. The van der Waals surface area contributed by atoms with Gasteiger partial charge in [-0.1, -0.05) is 49.3 Å². The maximum Gasteiger partial charge on any atom is 0.212 e. The third-order valence-corrected chi connectivity index (χ3v) is 6.93. The van der Waals surface area contributed by atoms with Gasteiger partial charge in [-0.15, -0.1) is 0 Å². The molecule has 172 valence electrons. The summed E-state index contributed by atoms with van der Waals surface area (Å²) in [4.78, 5) is 11.7. The predicted molar refractivity (Wildman–Crippen MR) is 136 cm³/mol. The maximum absolute atomic E-state index is 10.5. The Hall–Kier alpha value is -1.98. The number of aliphatic hydroxyl groups excluding tert-OH is 1. The first-order chi connectivity index (χ1) is 15.2. The Bertz CT molecular complexity index is 1010. The highest BCUT2D eigenvalue weighted by molar-refractivity contribution is 7.99. The van der Waals surface area contributed by atoms with E-state index in [2.05, 4.69) is 36.2 Å². The largest absolute Gasteiger partial charge is 0.495 e. The highest BCUT2D eigenvalue weighted by atomic mass is 35.5. The van der Waals surface area contributed by atoms with Crippen LogP contribution in [0.25, 0.3) is 0 Å². The van der Waals surface area contributed by atoms with Gasteiger partial charge in [0.05, 0.1) is 6.61 Å². The molecule has 1 heterocycles. The Morgan fingerprint density at radius 3 is 2.59 bits per heavy atom. The lowest BCUT2D eigenvalue weighted by molar-refractivity contribution is 0.273. The van der Waals surface area contributed by atoms with Crippen LogP contribution in [0.1, 0.15) is 51.7 Å². The fourth-order valence-electron chi connectivity index (χ4n) is 3.93. The van der Waals surface area contributed by atoms with Gasteiger partial charge in [0.25, 0.3) is 0 Å². The first kappa shape index (κ1) is 24.7. The Labute approximate surface area is 201 Å². The summed E-state index contributed by atoms with van der Waals surface area (Å²) in [6, 6.07) is 14.2. The number of ether oxygens (including phenoxy) is 1. The maximum atomic E-state index is 10.5. The molecule has 0 bridgehead atoms. The fourth-order valence-corrected chi connectivity index (χ4v) is 5.16. The quantitative estimate of drug-likeness (QED) is 0.438. The molecule has 2 aromatic carbocycles. The van der Waals surface area contributed by atoms with Crippen molar-refractivity contribution in [3.63, 3.8) is 0 Å². The van der Waals surface area contributed by atoms with Crippen LogP contribution in [0.5, 0.6) is 0 Å². The van der Waals surface area contributed by atoms with Gasteiger partial charge in [0.2, 0.25) is 11.8 Å². The van der Waals surface area contributed by atoms with Crippen molar-refractivity contribution in [2.24, 2.45) is 15.9 Å². The Kier molecular flexibility index (Phi) is 8.29. The molecule has 32 heavy (non-hydrogen) atoms. The van der Waals surface area contributed by atoms with Crippen LogP contribution in [-0.4, -0.2) is 35.1 Å². The average Bonchev–Trinajstić information content (AvgIpc) is 2.71.